The van der Waals surface area contributed by atoms with E-state index in [0.29, 0.717) is 12.5 Å². The smallest absolute Gasteiger partial charge is 0.262 e. The number of carbonyl (C=O) groups excluding carboxylic acids is 1. The van der Waals surface area contributed by atoms with Crippen LogP contribution in [0.5, 0.6) is 0 Å². The molecule has 1 unspecified atom stereocenters. The van der Waals surface area contributed by atoms with Crippen molar-refractivity contribution in [3.05, 3.63) is 0 Å². The van der Waals surface area contributed by atoms with Gasteiger partial charge in [0.25, 0.3) is 5.92 Å². The van der Waals surface area contributed by atoms with Gasteiger partial charge in [-0.3, -0.25) is 10.1 Å². The van der Waals surface area contributed by atoms with Gasteiger partial charge in [-0.25, -0.2) is 8.78 Å². The Morgan fingerprint density at radius 1 is 1.44 bits per heavy atom. The number of nitrogens with zero attached hydrogens (tertiary/aromatic N) is 1. The molecular formula is C12H21F2N3O. The second kappa shape index (κ2) is 5.48. The maximum atomic E-state index is 12.9. The Kier molecular flexibility index (Phi) is 4.17. The number of hydrogen-bond acceptors (Lipinski definition) is 3. The molecule has 0 aromatic carbocycles. The molecule has 0 bridgehead atoms. The van der Waals surface area contributed by atoms with Crippen LogP contribution in [0.4, 0.5) is 8.78 Å². The van der Waals surface area contributed by atoms with Crippen LogP contribution in [0.3, 0.4) is 0 Å². The van der Waals surface area contributed by atoms with Crippen molar-refractivity contribution in [2.45, 2.75) is 31.2 Å². The molecule has 2 aliphatic heterocycles. The molecule has 4 nitrogen and oxygen atoms in total. The lowest BCUT2D eigenvalue weighted by atomic mass is 9.97. The molecule has 0 aromatic heterocycles. The van der Waals surface area contributed by atoms with Crippen LogP contribution < -0.4 is 10.6 Å². The summed E-state index contributed by atoms with van der Waals surface area (Å²) in [6.45, 7) is 2.30. The van der Waals surface area contributed by atoms with Gasteiger partial charge in [0.15, 0.2) is 0 Å². The van der Waals surface area contributed by atoms with Crippen LogP contribution in [0, 0.1) is 5.92 Å². The third-order valence-corrected chi connectivity index (χ3v) is 3.83. The van der Waals surface area contributed by atoms with E-state index in [9.17, 15) is 13.6 Å². The summed E-state index contributed by atoms with van der Waals surface area (Å²) in [4.78, 5) is 14.0. The second-order valence-electron chi connectivity index (χ2n) is 5.49. The molecule has 0 saturated carbocycles. The molecule has 104 valence electrons. The number of hydrogen-bond donors (Lipinski definition) is 2. The van der Waals surface area contributed by atoms with Gasteiger partial charge in [-0.1, -0.05) is 0 Å². The highest BCUT2D eigenvalue weighted by Gasteiger charge is 2.42. The van der Waals surface area contributed by atoms with Gasteiger partial charge in [-0.15, -0.1) is 0 Å². The number of rotatable bonds is 3. The normalized spacial score (nSPS) is 29.4. The fourth-order valence-corrected chi connectivity index (χ4v) is 2.54. The highest BCUT2D eigenvalue weighted by atomic mass is 19.3. The summed E-state index contributed by atoms with van der Waals surface area (Å²) in [5.74, 6) is -2.55. The van der Waals surface area contributed by atoms with Crippen LogP contribution in [-0.2, 0) is 4.79 Å². The van der Waals surface area contributed by atoms with Crippen LogP contribution in [0.15, 0.2) is 0 Å². The van der Waals surface area contributed by atoms with E-state index in [-0.39, 0.29) is 18.9 Å². The fraction of sp³-hybridized carbons (Fsp3) is 0.917. The summed E-state index contributed by atoms with van der Waals surface area (Å²) in [6.07, 6.45) is 1.74. The molecule has 2 rings (SSSR count). The lowest BCUT2D eigenvalue weighted by Gasteiger charge is -2.29. The molecule has 0 radical (unpaired) electrons. The van der Waals surface area contributed by atoms with Gasteiger partial charge in [-0.2, -0.15) is 0 Å². The van der Waals surface area contributed by atoms with Gasteiger partial charge in [0, 0.05) is 13.0 Å². The molecule has 2 aliphatic rings. The van der Waals surface area contributed by atoms with Crippen LogP contribution in [0.25, 0.3) is 0 Å². The van der Waals surface area contributed by atoms with E-state index in [2.05, 4.69) is 22.6 Å². The second-order valence-corrected chi connectivity index (χ2v) is 5.49. The molecule has 2 heterocycles. The average molecular weight is 261 g/mol. The van der Waals surface area contributed by atoms with Gasteiger partial charge >= 0.3 is 0 Å². The molecule has 18 heavy (non-hydrogen) atoms. The molecule has 2 saturated heterocycles. The van der Waals surface area contributed by atoms with E-state index in [0.717, 1.165) is 25.9 Å². The Hall–Kier alpha value is -0.750. The lowest BCUT2D eigenvalue weighted by Crippen LogP contribution is -2.43. The summed E-state index contributed by atoms with van der Waals surface area (Å²) in [5.41, 5.74) is 0. The molecule has 1 atom stereocenters. The van der Waals surface area contributed by atoms with Crippen LogP contribution in [0.2, 0.25) is 0 Å². The molecule has 0 aromatic rings. The van der Waals surface area contributed by atoms with Gasteiger partial charge in [0.2, 0.25) is 5.91 Å². The van der Waals surface area contributed by atoms with Crippen molar-refractivity contribution < 1.29 is 13.6 Å². The summed E-state index contributed by atoms with van der Waals surface area (Å²) >= 11 is 0. The molecule has 6 heteroatoms. The monoisotopic (exact) mass is 261 g/mol. The summed E-state index contributed by atoms with van der Waals surface area (Å²) in [5, 5.41) is 5.36. The number of piperidine rings is 1. The van der Waals surface area contributed by atoms with Crippen LogP contribution in [0.1, 0.15) is 19.3 Å². The van der Waals surface area contributed by atoms with Crippen molar-refractivity contribution in [1.82, 2.24) is 15.5 Å². The molecule has 2 fully saturated rings. The lowest BCUT2D eigenvalue weighted by molar-refractivity contribution is -0.123. The molecule has 2 N–H and O–H groups in total. The Bertz CT molecular complexity index is 304. The summed E-state index contributed by atoms with van der Waals surface area (Å²) < 4.78 is 25.9. The van der Waals surface area contributed by atoms with Crippen LogP contribution >= 0.6 is 0 Å². The first kappa shape index (κ1) is 13.7. The van der Waals surface area contributed by atoms with E-state index >= 15 is 0 Å². The minimum absolute atomic E-state index is 0.286. The molecule has 1 amide bonds. The highest BCUT2D eigenvalue weighted by molar-refractivity contribution is 5.82. The van der Waals surface area contributed by atoms with Crippen molar-refractivity contribution >= 4 is 5.91 Å². The van der Waals surface area contributed by atoms with Gasteiger partial charge in [0.05, 0.1) is 12.6 Å². The average Bonchev–Trinajstić information content (AvgIpc) is 2.69. The van der Waals surface area contributed by atoms with Crippen molar-refractivity contribution in [2.24, 2.45) is 5.92 Å². The zero-order valence-electron chi connectivity index (χ0n) is 10.7. The predicted molar refractivity (Wildman–Crippen MR) is 64.6 cm³/mol. The topological polar surface area (TPSA) is 44.4 Å². The van der Waals surface area contributed by atoms with Gasteiger partial charge < -0.3 is 10.2 Å². The SMILES string of the molecule is CN1CCC(CNC(=O)C2CC(F)(F)CN2)CC1. The van der Waals surface area contributed by atoms with E-state index < -0.39 is 12.0 Å². The maximum absolute atomic E-state index is 12.9. The third kappa shape index (κ3) is 3.62. The number of amides is 1. The van der Waals surface area contributed by atoms with E-state index in [1.54, 1.807) is 0 Å². The van der Waals surface area contributed by atoms with Gasteiger partial charge in [-0.05, 0) is 38.9 Å². The minimum atomic E-state index is -2.74. The maximum Gasteiger partial charge on any atom is 0.262 e. The number of carbonyl (C=O) groups is 1. The van der Waals surface area contributed by atoms with E-state index in [1.807, 2.05) is 0 Å². The third-order valence-electron chi connectivity index (χ3n) is 3.83. The first-order chi connectivity index (χ1) is 8.46. The largest absolute Gasteiger partial charge is 0.354 e. The summed E-state index contributed by atoms with van der Waals surface area (Å²) in [6, 6.07) is -0.730. The number of halogens is 2. The fourth-order valence-electron chi connectivity index (χ4n) is 2.54. The quantitative estimate of drug-likeness (QED) is 0.775. The van der Waals surface area contributed by atoms with Crippen molar-refractivity contribution in [1.29, 1.82) is 0 Å². The van der Waals surface area contributed by atoms with Crippen molar-refractivity contribution in [3.8, 4) is 0 Å². The van der Waals surface area contributed by atoms with Crippen molar-refractivity contribution in [2.75, 3.05) is 33.2 Å². The van der Waals surface area contributed by atoms with E-state index in [1.165, 1.54) is 0 Å². The Labute approximate surface area is 106 Å². The highest BCUT2D eigenvalue weighted by Crippen LogP contribution is 2.25. The van der Waals surface area contributed by atoms with Gasteiger partial charge in [0.1, 0.15) is 0 Å². The molecular weight excluding hydrogens is 240 g/mol. The number of alkyl halides is 2. The zero-order valence-corrected chi connectivity index (χ0v) is 10.7. The van der Waals surface area contributed by atoms with Crippen LogP contribution in [-0.4, -0.2) is 56.0 Å². The van der Waals surface area contributed by atoms with E-state index in [4.69, 9.17) is 0 Å². The Morgan fingerprint density at radius 2 is 2.11 bits per heavy atom. The minimum Gasteiger partial charge on any atom is -0.354 e. The molecule has 0 aliphatic carbocycles. The first-order valence-corrected chi connectivity index (χ1v) is 6.54. The Morgan fingerprint density at radius 3 is 2.67 bits per heavy atom. The predicted octanol–water partition coefficient (Wildman–Crippen LogP) is 0.442. The standard InChI is InChI=1S/C12H21F2N3O/c1-17-4-2-9(3-5-17)7-15-11(18)10-6-12(13,14)8-16-10/h9-10,16H,2-8H2,1H3,(H,15,18). The van der Waals surface area contributed by atoms with Crippen molar-refractivity contribution in [3.63, 3.8) is 0 Å². The molecule has 0 spiro atoms. The number of nitrogens with one attached hydrogen (secondary N) is 2. The summed E-state index contributed by atoms with van der Waals surface area (Å²) in [7, 11) is 2.08. The first-order valence-electron chi connectivity index (χ1n) is 6.54. The Balaban J connectivity index is 1.69. The number of likely N-dealkylation sites (tertiary alicyclic amines) is 1. The zero-order chi connectivity index (χ0) is 13.2.